The van der Waals surface area contributed by atoms with Gasteiger partial charge < -0.3 is 16.0 Å². The zero-order valence-electron chi connectivity index (χ0n) is 19.9. The summed E-state index contributed by atoms with van der Waals surface area (Å²) in [5.74, 6) is -0.501. The number of nitrogens with one attached hydrogen (secondary N) is 1. The number of pyridine rings is 1. The fourth-order valence-electron chi connectivity index (χ4n) is 5.69. The Balaban J connectivity index is 1.58. The fourth-order valence-corrected chi connectivity index (χ4v) is 5.69. The number of aromatic nitrogens is 1. The molecule has 2 aromatic rings. The largest absolute Gasteiger partial charge is 0.368 e. The van der Waals surface area contributed by atoms with E-state index in [2.05, 4.69) is 16.4 Å². The Morgan fingerprint density at radius 2 is 1.82 bits per heavy atom. The van der Waals surface area contributed by atoms with Crippen molar-refractivity contribution in [1.82, 2.24) is 15.2 Å². The lowest BCUT2D eigenvalue weighted by molar-refractivity contribution is -0.139. The third kappa shape index (κ3) is 5.46. The minimum absolute atomic E-state index is 0.0481. The van der Waals surface area contributed by atoms with Crippen molar-refractivity contribution in [3.05, 3.63) is 54.1 Å². The van der Waals surface area contributed by atoms with E-state index < -0.39 is 11.9 Å². The van der Waals surface area contributed by atoms with E-state index in [1.165, 1.54) is 18.6 Å². The number of primary amides is 1. The number of carbonyl (C=O) groups is 2. The lowest BCUT2D eigenvalue weighted by atomic mass is 9.76. The van der Waals surface area contributed by atoms with E-state index in [1.807, 2.05) is 11.1 Å². The normalized spacial score (nSPS) is 20.8. The maximum absolute atomic E-state index is 14.0. The van der Waals surface area contributed by atoms with Crippen molar-refractivity contribution in [3.8, 4) is 11.1 Å². The first-order valence-corrected chi connectivity index (χ1v) is 12.5. The van der Waals surface area contributed by atoms with E-state index in [0.29, 0.717) is 13.0 Å². The van der Waals surface area contributed by atoms with Crippen LogP contribution in [-0.4, -0.2) is 41.3 Å². The van der Waals surface area contributed by atoms with Crippen LogP contribution in [0.1, 0.15) is 63.0 Å². The zero-order valence-corrected chi connectivity index (χ0v) is 19.9. The maximum atomic E-state index is 14.0. The van der Waals surface area contributed by atoms with Crippen LogP contribution in [0, 0.1) is 17.7 Å². The summed E-state index contributed by atoms with van der Waals surface area (Å²) in [6, 6.07) is 7.88. The van der Waals surface area contributed by atoms with Gasteiger partial charge in [-0.1, -0.05) is 31.4 Å². The number of likely N-dealkylation sites (N-methyl/N-ethyl adjacent to an activating group) is 1. The molecule has 2 aliphatic rings. The van der Waals surface area contributed by atoms with Crippen molar-refractivity contribution in [2.75, 3.05) is 13.6 Å². The molecule has 0 radical (unpaired) electrons. The van der Waals surface area contributed by atoms with E-state index in [0.717, 1.165) is 55.2 Å². The monoisotopic (exact) mass is 466 g/mol. The Bertz CT molecular complexity index is 990. The molecule has 0 spiro atoms. The molecule has 2 fully saturated rings. The summed E-state index contributed by atoms with van der Waals surface area (Å²) in [5, 5.41) is 3.01. The van der Waals surface area contributed by atoms with Gasteiger partial charge in [-0.2, -0.15) is 0 Å². The molecule has 1 aromatic carbocycles. The summed E-state index contributed by atoms with van der Waals surface area (Å²) < 4.78 is 13.4. The maximum Gasteiger partial charge on any atom is 0.234 e. The Morgan fingerprint density at radius 3 is 2.50 bits per heavy atom. The second-order valence-electron chi connectivity index (χ2n) is 9.69. The van der Waals surface area contributed by atoms with Crippen LogP contribution in [-0.2, 0) is 9.59 Å². The predicted molar refractivity (Wildman–Crippen MR) is 130 cm³/mol. The SMILES string of the molecule is CNC(CC(C(=O)N1CCCC1c1cncc(-c2ccc(F)cc2)c1)C1CCCCC1)C(N)=O. The molecule has 0 bridgehead atoms. The van der Waals surface area contributed by atoms with Crippen molar-refractivity contribution in [3.63, 3.8) is 0 Å². The molecule has 2 amide bonds. The summed E-state index contributed by atoms with van der Waals surface area (Å²) in [6.45, 7) is 0.703. The highest BCUT2D eigenvalue weighted by Crippen LogP contribution is 2.39. The number of nitrogens with two attached hydrogens (primary N) is 1. The highest BCUT2D eigenvalue weighted by atomic mass is 19.1. The summed E-state index contributed by atoms with van der Waals surface area (Å²) in [5.41, 5.74) is 8.42. The van der Waals surface area contributed by atoms with Gasteiger partial charge in [0.15, 0.2) is 0 Å². The Hall–Kier alpha value is -2.80. The number of benzene rings is 1. The van der Waals surface area contributed by atoms with Gasteiger partial charge in [-0.3, -0.25) is 14.6 Å². The van der Waals surface area contributed by atoms with Crippen molar-refractivity contribution < 1.29 is 14.0 Å². The minimum atomic E-state index is -0.514. The first-order valence-electron chi connectivity index (χ1n) is 12.5. The average molecular weight is 467 g/mol. The van der Waals surface area contributed by atoms with Crippen molar-refractivity contribution in [1.29, 1.82) is 0 Å². The number of halogens is 1. The molecule has 3 N–H and O–H groups in total. The quantitative estimate of drug-likeness (QED) is 0.610. The van der Waals surface area contributed by atoms with E-state index in [4.69, 9.17) is 5.73 Å². The molecule has 3 unspecified atom stereocenters. The van der Waals surface area contributed by atoms with E-state index in [1.54, 1.807) is 25.4 Å². The second kappa shape index (κ2) is 11.1. The number of carbonyl (C=O) groups excluding carboxylic acids is 2. The summed E-state index contributed by atoms with van der Waals surface area (Å²) in [7, 11) is 1.73. The van der Waals surface area contributed by atoms with Crippen LogP contribution in [0.15, 0.2) is 42.7 Å². The van der Waals surface area contributed by atoms with Crippen LogP contribution in [0.2, 0.25) is 0 Å². The number of amides is 2. The van der Waals surface area contributed by atoms with Crippen molar-refractivity contribution in [2.24, 2.45) is 17.6 Å². The van der Waals surface area contributed by atoms with E-state index in [-0.39, 0.29) is 29.6 Å². The molecule has 1 aliphatic carbocycles. The molecular formula is C27H35FN4O2. The lowest BCUT2D eigenvalue weighted by Crippen LogP contribution is -2.46. The van der Waals surface area contributed by atoms with E-state index in [9.17, 15) is 14.0 Å². The Labute approximate surface area is 201 Å². The third-order valence-electron chi connectivity index (χ3n) is 7.58. The third-order valence-corrected chi connectivity index (χ3v) is 7.58. The summed E-state index contributed by atoms with van der Waals surface area (Å²) in [6.07, 6.45) is 11.3. The lowest BCUT2D eigenvalue weighted by Gasteiger charge is -2.36. The fraction of sp³-hybridized carbons (Fsp3) is 0.519. The number of nitrogens with zero attached hydrogens (tertiary/aromatic N) is 2. The van der Waals surface area contributed by atoms with Crippen LogP contribution >= 0.6 is 0 Å². The van der Waals surface area contributed by atoms with Crippen molar-refractivity contribution in [2.45, 2.75) is 63.5 Å². The van der Waals surface area contributed by atoms with Crippen LogP contribution < -0.4 is 11.1 Å². The number of hydrogen-bond donors (Lipinski definition) is 2. The van der Waals surface area contributed by atoms with Gasteiger partial charge in [0.05, 0.1) is 12.1 Å². The molecule has 7 heteroatoms. The molecule has 1 aliphatic heterocycles. The highest BCUT2D eigenvalue weighted by molar-refractivity contribution is 5.83. The number of rotatable bonds is 8. The molecule has 3 atom stereocenters. The molecule has 6 nitrogen and oxygen atoms in total. The van der Waals surface area contributed by atoms with Gasteiger partial charge >= 0.3 is 0 Å². The van der Waals surface area contributed by atoms with Gasteiger partial charge in [0.2, 0.25) is 11.8 Å². The van der Waals surface area contributed by atoms with Crippen LogP contribution in [0.3, 0.4) is 0 Å². The average Bonchev–Trinajstić information content (AvgIpc) is 3.35. The number of hydrogen-bond acceptors (Lipinski definition) is 4. The summed E-state index contributed by atoms with van der Waals surface area (Å²) in [4.78, 5) is 32.4. The summed E-state index contributed by atoms with van der Waals surface area (Å²) >= 11 is 0. The van der Waals surface area contributed by atoms with E-state index >= 15 is 0 Å². The second-order valence-corrected chi connectivity index (χ2v) is 9.69. The van der Waals surface area contributed by atoms with Gasteiger partial charge in [-0.25, -0.2) is 4.39 Å². The molecule has 34 heavy (non-hydrogen) atoms. The number of likely N-dealkylation sites (tertiary alicyclic amines) is 1. The Kier molecular flexibility index (Phi) is 7.93. The van der Waals surface area contributed by atoms with Gasteiger partial charge in [-0.05, 0) is 74.4 Å². The predicted octanol–water partition coefficient (Wildman–Crippen LogP) is 4.21. The van der Waals surface area contributed by atoms with Gasteiger partial charge in [0.25, 0.3) is 0 Å². The molecule has 182 valence electrons. The van der Waals surface area contributed by atoms with Gasteiger partial charge in [0.1, 0.15) is 5.82 Å². The van der Waals surface area contributed by atoms with Crippen LogP contribution in [0.4, 0.5) is 4.39 Å². The zero-order chi connectivity index (χ0) is 24.1. The molecule has 4 rings (SSSR count). The first-order chi connectivity index (χ1) is 16.5. The Morgan fingerprint density at radius 1 is 1.09 bits per heavy atom. The molecular weight excluding hydrogens is 431 g/mol. The molecule has 1 aromatic heterocycles. The van der Waals surface area contributed by atoms with Crippen LogP contribution in [0.25, 0.3) is 11.1 Å². The smallest absolute Gasteiger partial charge is 0.234 e. The first kappa shape index (κ1) is 24.3. The molecule has 2 heterocycles. The van der Waals surface area contributed by atoms with Gasteiger partial charge in [-0.15, -0.1) is 0 Å². The standard InChI is InChI=1S/C27H35FN4O2/c1-30-24(26(29)33)15-23(19-6-3-2-4-7-19)27(34)32-13-5-8-25(32)21-14-20(16-31-17-21)18-9-11-22(28)12-10-18/h9-12,14,16-17,19,23-25,30H,2-8,13,15H2,1H3,(H2,29,33). The highest BCUT2D eigenvalue weighted by Gasteiger charge is 2.39. The minimum Gasteiger partial charge on any atom is -0.368 e. The van der Waals surface area contributed by atoms with Crippen molar-refractivity contribution >= 4 is 11.8 Å². The topological polar surface area (TPSA) is 88.3 Å². The van der Waals surface area contributed by atoms with Crippen LogP contribution in [0.5, 0.6) is 0 Å². The molecule has 1 saturated carbocycles. The molecule has 1 saturated heterocycles. The van der Waals surface area contributed by atoms with Gasteiger partial charge in [0, 0.05) is 30.4 Å².